The van der Waals surface area contributed by atoms with Crippen molar-refractivity contribution >= 4 is 0 Å². The summed E-state index contributed by atoms with van der Waals surface area (Å²) in [4.78, 5) is 0. The van der Waals surface area contributed by atoms with Crippen molar-refractivity contribution in [3.8, 4) is 6.07 Å². The highest BCUT2D eigenvalue weighted by Crippen LogP contribution is 2.35. The molecule has 92 valence electrons. The van der Waals surface area contributed by atoms with E-state index in [4.69, 9.17) is 4.52 Å². The molecule has 0 spiro atoms. The molecule has 2 rings (SSSR count). The van der Waals surface area contributed by atoms with Gasteiger partial charge < -0.3 is 4.52 Å². The van der Waals surface area contributed by atoms with Gasteiger partial charge in [-0.15, -0.1) is 0 Å². The van der Waals surface area contributed by atoms with Gasteiger partial charge in [0.2, 0.25) is 0 Å². The SMILES string of the molecule is Cc1noc(C)c1C(C#N)C(C)c1ccccc1. The second kappa shape index (κ2) is 5.05. The monoisotopic (exact) mass is 240 g/mol. The third-order valence-corrected chi connectivity index (χ3v) is 3.36. The van der Waals surface area contributed by atoms with Gasteiger partial charge in [-0.2, -0.15) is 5.26 Å². The minimum atomic E-state index is -0.223. The number of hydrogen-bond donors (Lipinski definition) is 0. The van der Waals surface area contributed by atoms with Gasteiger partial charge in [0.15, 0.2) is 0 Å². The Balaban J connectivity index is 2.39. The molecule has 0 aliphatic heterocycles. The van der Waals surface area contributed by atoms with Crippen molar-refractivity contribution in [1.82, 2.24) is 5.16 Å². The molecule has 0 aliphatic carbocycles. The van der Waals surface area contributed by atoms with E-state index in [1.54, 1.807) is 0 Å². The lowest BCUT2D eigenvalue weighted by molar-refractivity contribution is 0.391. The number of aryl methyl sites for hydroxylation is 2. The van der Waals surface area contributed by atoms with Crippen LogP contribution in [0.5, 0.6) is 0 Å². The number of aromatic nitrogens is 1. The second-order valence-electron chi connectivity index (χ2n) is 4.54. The van der Waals surface area contributed by atoms with Gasteiger partial charge in [0.05, 0.1) is 17.7 Å². The Morgan fingerprint density at radius 3 is 2.39 bits per heavy atom. The van der Waals surface area contributed by atoms with E-state index in [2.05, 4.69) is 18.1 Å². The van der Waals surface area contributed by atoms with Crippen LogP contribution in [0.15, 0.2) is 34.9 Å². The van der Waals surface area contributed by atoms with E-state index in [-0.39, 0.29) is 11.8 Å². The average Bonchev–Trinajstić information content (AvgIpc) is 2.72. The van der Waals surface area contributed by atoms with Crippen LogP contribution in [0.1, 0.15) is 41.3 Å². The first-order valence-electron chi connectivity index (χ1n) is 6.02. The largest absolute Gasteiger partial charge is 0.361 e. The molecule has 3 nitrogen and oxygen atoms in total. The Morgan fingerprint density at radius 1 is 1.22 bits per heavy atom. The Labute approximate surface area is 107 Å². The fraction of sp³-hybridized carbons (Fsp3) is 0.333. The lowest BCUT2D eigenvalue weighted by Gasteiger charge is -2.17. The zero-order chi connectivity index (χ0) is 13.1. The van der Waals surface area contributed by atoms with Gasteiger partial charge in [0.1, 0.15) is 5.76 Å². The summed E-state index contributed by atoms with van der Waals surface area (Å²) < 4.78 is 5.16. The Bertz CT molecular complexity index is 546. The maximum atomic E-state index is 9.46. The van der Waals surface area contributed by atoms with Crippen molar-refractivity contribution in [3.63, 3.8) is 0 Å². The quantitative estimate of drug-likeness (QED) is 0.821. The van der Waals surface area contributed by atoms with Crippen molar-refractivity contribution < 1.29 is 4.52 Å². The van der Waals surface area contributed by atoms with Crippen LogP contribution in [0.4, 0.5) is 0 Å². The molecular formula is C15H16N2O. The summed E-state index contributed by atoms with van der Waals surface area (Å²) in [5, 5.41) is 13.4. The molecule has 2 aromatic rings. The van der Waals surface area contributed by atoms with Gasteiger partial charge >= 0.3 is 0 Å². The van der Waals surface area contributed by atoms with E-state index >= 15 is 0 Å². The van der Waals surface area contributed by atoms with Crippen LogP contribution in [-0.4, -0.2) is 5.16 Å². The van der Waals surface area contributed by atoms with Gasteiger partial charge in [0.25, 0.3) is 0 Å². The normalized spacial score (nSPS) is 13.9. The molecule has 0 saturated carbocycles. The van der Waals surface area contributed by atoms with Crippen LogP contribution in [0.25, 0.3) is 0 Å². The molecule has 0 saturated heterocycles. The molecule has 1 aromatic carbocycles. The third kappa shape index (κ3) is 2.14. The molecule has 0 fully saturated rings. The lowest BCUT2D eigenvalue weighted by Crippen LogP contribution is -2.08. The molecule has 2 atom stereocenters. The van der Waals surface area contributed by atoms with Crippen LogP contribution in [0, 0.1) is 25.2 Å². The highest BCUT2D eigenvalue weighted by molar-refractivity contribution is 5.36. The van der Waals surface area contributed by atoms with Crippen LogP contribution in [0.3, 0.4) is 0 Å². The third-order valence-electron chi connectivity index (χ3n) is 3.36. The summed E-state index contributed by atoms with van der Waals surface area (Å²) in [5.74, 6) is 0.633. The van der Waals surface area contributed by atoms with Crippen LogP contribution in [-0.2, 0) is 0 Å². The molecule has 3 heteroatoms. The van der Waals surface area contributed by atoms with Crippen molar-refractivity contribution in [1.29, 1.82) is 5.26 Å². The summed E-state index contributed by atoms with van der Waals surface area (Å²) in [6, 6.07) is 12.4. The molecule has 2 unspecified atom stereocenters. The molecule has 0 N–H and O–H groups in total. The molecular weight excluding hydrogens is 224 g/mol. The summed E-state index contributed by atoms with van der Waals surface area (Å²) in [6.07, 6.45) is 0. The van der Waals surface area contributed by atoms with Crippen molar-refractivity contribution in [2.75, 3.05) is 0 Å². The van der Waals surface area contributed by atoms with Gasteiger partial charge in [-0.05, 0) is 19.4 Å². The molecule has 0 bridgehead atoms. The van der Waals surface area contributed by atoms with Gasteiger partial charge in [0, 0.05) is 11.5 Å². The number of nitriles is 1. The van der Waals surface area contributed by atoms with Gasteiger partial charge in [-0.3, -0.25) is 0 Å². The summed E-state index contributed by atoms with van der Waals surface area (Å²) >= 11 is 0. The first-order valence-corrected chi connectivity index (χ1v) is 6.02. The van der Waals surface area contributed by atoms with E-state index < -0.39 is 0 Å². The average molecular weight is 240 g/mol. The molecule has 0 amide bonds. The topological polar surface area (TPSA) is 49.8 Å². The first-order chi connectivity index (χ1) is 8.65. The zero-order valence-electron chi connectivity index (χ0n) is 10.8. The van der Waals surface area contributed by atoms with Gasteiger partial charge in [-0.1, -0.05) is 42.4 Å². The number of nitrogens with zero attached hydrogens (tertiary/aromatic N) is 2. The van der Waals surface area contributed by atoms with Gasteiger partial charge in [-0.25, -0.2) is 0 Å². The highest BCUT2D eigenvalue weighted by atomic mass is 16.5. The summed E-state index contributed by atoms with van der Waals surface area (Å²) in [6.45, 7) is 5.81. The van der Waals surface area contributed by atoms with E-state index in [0.717, 1.165) is 22.6 Å². The highest BCUT2D eigenvalue weighted by Gasteiger charge is 2.26. The first kappa shape index (κ1) is 12.4. The zero-order valence-corrected chi connectivity index (χ0v) is 10.8. The number of hydrogen-bond acceptors (Lipinski definition) is 3. The lowest BCUT2D eigenvalue weighted by atomic mass is 9.83. The molecule has 0 radical (unpaired) electrons. The maximum absolute atomic E-state index is 9.46. The maximum Gasteiger partial charge on any atom is 0.138 e. The molecule has 18 heavy (non-hydrogen) atoms. The molecule has 1 heterocycles. The van der Waals surface area contributed by atoms with Crippen molar-refractivity contribution in [3.05, 3.63) is 52.9 Å². The Kier molecular flexibility index (Phi) is 3.47. The minimum absolute atomic E-state index is 0.119. The Hall–Kier alpha value is -2.08. The molecule has 0 aliphatic rings. The predicted molar refractivity (Wildman–Crippen MR) is 69.2 cm³/mol. The number of rotatable bonds is 3. The van der Waals surface area contributed by atoms with Crippen LogP contribution < -0.4 is 0 Å². The van der Waals surface area contributed by atoms with E-state index in [9.17, 15) is 5.26 Å². The van der Waals surface area contributed by atoms with Crippen LogP contribution in [0.2, 0.25) is 0 Å². The summed E-state index contributed by atoms with van der Waals surface area (Å²) in [5.41, 5.74) is 2.89. The van der Waals surface area contributed by atoms with E-state index in [0.29, 0.717) is 0 Å². The minimum Gasteiger partial charge on any atom is -0.361 e. The van der Waals surface area contributed by atoms with E-state index in [1.807, 2.05) is 44.2 Å². The van der Waals surface area contributed by atoms with Crippen molar-refractivity contribution in [2.45, 2.75) is 32.6 Å². The fourth-order valence-corrected chi connectivity index (χ4v) is 2.31. The van der Waals surface area contributed by atoms with E-state index in [1.165, 1.54) is 0 Å². The number of benzene rings is 1. The molecule has 1 aromatic heterocycles. The Morgan fingerprint density at radius 2 is 1.89 bits per heavy atom. The summed E-state index contributed by atoms with van der Waals surface area (Å²) in [7, 11) is 0. The predicted octanol–water partition coefficient (Wildman–Crippen LogP) is 3.70. The van der Waals surface area contributed by atoms with Crippen LogP contribution >= 0.6 is 0 Å². The smallest absolute Gasteiger partial charge is 0.138 e. The standard InChI is InChI=1S/C15H16N2O/c1-10(13-7-5-4-6-8-13)14(9-16)15-11(2)17-18-12(15)3/h4-8,10,14H,1-3H3. The fourth-order valence-electron chi connectivity index (χ4n) is 2.31. The second-order valence-corrected chi connectivity index (χ2v) is 4.54. The van der Waals surface area contributed by atoms with Crippen molar-refractivity contribution in [2.24, 2.45) is 0 Å².